The van der Waals surface area contributed by atoms with E-state index in [-0.39, 0.29) is 12.1 Å². The number of nitrogens with one attached hydrogen (secondary N) is 1. The predicted molar refractivity (Wildman–Crippen MR) is 103 cm³/mol. The fourth-order valence-corrected chi connectivity index (χ4v) is 3.81. The molecule has 126 valence electrons. The number of para-hydroxylation sites is 1. The van der Waals surface area contributed by atoms with Crippen LogP contribution in [0.25, 0.3) is 16.3 Å². The molecule has 0 saturated carbocycles. The van der Waals surface area contributed by atoms with Crippen LogP contribution in [0.3, 0.4) is 0 Å². The van der Waals surface area contributed by atoms with Crippen molar-refractivity contribution in [1.82, 2.24) is 9.97 Å². The first-order chi connectivity index (χ1) is 12.2. The number of hydrazone groups is 1. The molecule has 3 heterocycles. The molecule has 1 aliphatic rings. The minimum absolute atomic E-state index is 0.239. The molecule has 0 aliphatic carbocycles. The molecule has 6 nitrogen and oxygen atoms in total. The van der Waals surface area contributed by atoms with E-state index in [0.29, 0.717) is 6.42 Å². The molecule has 0 fully saturated rings. The van der Waals surface area contributed by atoms with Crippen LogP contribution in [0.2, 0.25) is 0 Å². The van der Waals surface area contributed by atoms with Gasteiger partial charge in [-0.1, -0.05) is 18.2 Å². The van der Waals surface area contributed by atoms with Crippen LogP contribution in [0, 0.1) is 0 Å². The Labute approximate surface area is 149 Å². The van der Waals surface area contributed by atoms with Gasteiger partial charge in [-0.15, -0.1) is 11.3 Å². The molecule has 2 unspecified atom stereocenters. The van der Waals surface area contributed by atoms with Crippen LogP contribution < -0.4 is 16.9 Å². The summed E-state index contributed by atoms with van der Waals surface area (Å²) in [6.45, 7) is 0. The van der Waals surface area contributed by atoms with Crippen molar-refractivity contribution in [3.63, 3.8) is 0 Å². The lowest BCUT2D eigenvalue weighted by molar-refractivity contribution is 0.586. The Kier molecular flexibility index (Phi) is 4.27. The Morgan fingerprint density at radius 1 is 1.08 bits per heavy atom. The lowest BCUT2D eigenvalue weighted by atomic mass is 9.97. The fraction of sp³-hybridized carbons (Fsp3) is 0.167. The Hall–Kier alpha value is -2.61. The second-order valence-corrected chi connectivity index (χ2v) is 6.86. The minimum Gasteiger partial charge on any atom is -0.324 e. The lowest BCUT2D eigenvalue weighted by Crippen LogP contribution is -2.29. The van der Waals surface area contributed by atoms with Gasteiger partial charge >= 0.3 is 0 Å². The third-order valence-corrected chi connectivity index (χ3v) is 5.17. The average Bonchev–Trinajstić information content (AvgIpc) is 3.00. The van der Waals surface area contributed by atoms with E-state index >= 15 is 0 Å². The molecule has 2 aromatic heterocycles. The maximum atomic E-state index is 6.43. The van der Waals surface area contributed by atoms with Gasteiger partial charge in [-0.3, -0.25) is 5.43 Å². The molecule has 0 bridgehead atoms. The molecule has 3 aromatic rings. The molecule has 0 radical (unpaired) electrons. The summed E-state index contributed by atoms with van der Waals surface area (Å²) in [4.78, 5) is 8.65. The molecule has 2 atom stereocenters. The maximum absolute atomic E-state index is 6.43. The summed E-state index contributed by atoms with van der Waals surface area (Å²) in [6, 6.07) is 9.45. The number of nitrogens with two attached hydrogens (primary N) is 2. The maximum Gasteiger partial charge on any atom is 0.116 e. The zero-order valence-electron chi connectivity index (χ0n) is 13.5. The van der Waals surface area contributed by atoms with E-state index in [9.17, 15) is 0 Å². The summed E-state index contributed by atoms with van der Waals surface area (Å²) < 4.78 is 1.03. The highest BCUT2D eigenvalue weighted by Crippen LogP contribution is 2.28. The van der Waals surface area contributed by atoms with E-state index < -0.39 is 0 Å². The molecule has 1 aromatic carbocycles. The van der Waals surface area contributed by atoms with Crippen LogP contribution in [-0.2, 0) is 0 Å². The van der Waals surface area contributed by atoms with Crippen LogP contribution in [0.5, 0.6) is 0 Å². The van der Waals surface area contributed by atoms with Crippen LogP contribution in [0.1, 0.15) is 23.7 Å². The largest absolute Gasteiger partial charge is 0.324 e. The van der Waals surface area contributed by atoms with Crippen LogP contribution in [0.15, 0.2) is 52.7 Å². The van der Waals surface area contributed by atoms with Gasteiger partial charge < -0.3 is 11.5 Å². The van der Waals surface area contributed by atoms with Gasteiger partial charge in [-0.2, -0.15) is 5.10 Å². The topological polar surface area (TPSA) is 102 Å². The number of rotatable bonds is 4. The van der Waals surface area contributed by atoms with Gasteiger partial charge in [-0.25, -0.2) is 9.97 Å². The minimum atomic E-state index is -0.264. The first-order valence-corrected chi connectivity index (χ1v) is 8.89. The van der Waals surface area contributed by atoms with Gasteiger partial charge in [0.15, 0.2) is 0 Å². The zero-order valence-corrected chi connectivity index (χ0v) is 14.3. The number of nitrogens with zero attached hydrogens (tertiary/aromatic N) is 3. The molecular weight excluding hydrogens is 332 g/mol. The van der Waals surface area contributed by atoms with Crippen molar-refractivity contribution < 1.29 is 0 Å². The quantitative estimate of drug-likeness (QED) is 0.671. The normalized spacial score (nSPS) is 15.8. The summed E-state index contributed by atoms with van der Waals surface area (Å²) in [5, 5.41) is 6.25. The molecule has 7 heteroatoms. The fourth-order valence-electron chi connectivity index (χ4n) is 2.91. The summed E-state index contributed by atoms with van der Waals surface area (Å²) >= 11 is 1.60. The van der Waals surface area contributed by atoms with Gasteiger partial charge in [0.1, 0.15) is 6.33 Å². The number of fused-ring (bicyclic) bond motifs is 2. The summed E-state index contributed by atoms with van der Waals surface area (Å²) in [5.41, 5.74) is 20.6. The highest BCUT2D eigenvalue weighted by molar-refractivity contribution is 7.17. The van der Waals surface area contributed by atoms with E-state index in [2.05, 4.69) is 26.6 Å². The standard InChI is InChI=1S/C18H18N6S/c19-13(12-7-11-3-1-2-4-15(11)24-23-9-12)8-14(20)17-18-16(5-6-25-18)21-10-22-17/h1-7,9-10,13-14,24H,8,19-20H2. The second-order valence-electron chi connectivity index (χ2n) is 5.94. The summed E-state index contributed by atoms with van der Waals surface area (Å²) in [6.07, 6.45) is 5.95. The molecule has 25 heavy (non-hydrogen) atoms. The molecule has 0 amide bonds. The lowest BCUT2D eigenvalue weighted by Gasteiger charge is -2.18. The van der Waals surface area contributed by atoms with Crippen LogP contribution in [-0.4, -0.2) is 22.2 Å². The molecule has 1 aliphatic heterocycles. The van der Waals surface area contributed by atoms with Gasteiger partial charge in [0.05, 0.1) is 33.9 Å². The molecule has 0 spiro atoms. The highest BCUT2D eigenvalue weighted by Gasteiger charge is 2.19. The Bertz CT molecular complexity index is 961. The van der Waals surface area contributed by atoms with Crippen molar-refractivity contribution in [1.29, 1.82) is 0 Å². The zero-order chi connectivity index (χ0) is 17.2. The van der Waals surface area contributed by atoms with Crippen molar-refractivity contribution in [2.45, 2.75) is 18.5 Å². The SMILES string of the molecule is NC(CC(N)c1ncnc2ccsc12)C1=Cc2ccccc2NN=C1. The number of aromatic nitrogens is 2. The van der Waals surface area contributed by atoms with E-state index in [1.165, 1.54) is 0 Å². The van der Waals surface area contributed by atoms with Crippen molar-refractivity contribution >= 4 is 39.5 Å². The monoisotopic (exact) mass is 350 g/mol. The number of hydrogen-bond donors (Lipinski definition) is 3. The predicted octanol–water partition coefficient (Wildman–Crippen LogP) is 2.90. The molecule has 5 N–H and O–H groups in total. The number of hydrogen-bond acceptors (Lipinski definition) is 7. The number of anilines is 1. The molecule has 4 rings (SSSR count). The number of benzene rings is 1. The highest BCUT2D eigenvalue weighted by atomic mass is 32.1. The first kappa shape index (κ1) is 15.9. The van der Waals surface area contributed by atoms with Crippen molar-refractivity contribution in [3.8, 4) is 0 Å². The van der Waals surface area contributed by atoms with E-state index in [1.807, 2.05) is 35.7 Å². The van der Waals surface area contributed by atoms with Gasteiger partial charge in [0, 0.05) is 6.04 Å². The average molecular weight is 350 g/mol. The smallest absolute Gasteiger partial charge is 0.116 e. The first-order valence-electron chi connectivity index (χ1n) is 8.01. The van der Waals surface area contributed by atoms with Gasteiger partial charge in [0.2, 0.25) is 0 Å². The third kappa shape index (κ3) is 3.17. The summed E-state index contributed by atoms with van der Waals surface area (Å²) in [5.74, 6) is 0. The second kappa shape index (κ2) is 6.72. The summed E-state index contributed by atoms with van der Waals surface area (Å²) in [7, 11) is 0. The van der Waals surface area contributed by atoms with E-state index in [0.717, 1.165) is 32.7 Å². The number of thiophene rings is 1. The van der Waals surface area contributed by atoms with Crippen molar-refractivity contribution in [2.75, 3.05) is 5.43 Å². The van der Waals surface area contributed by atoms with Crippen molar-refractivity contribution in [2.24, 2.45) is 16.6 Å². The van der Waals surface area contributed by atoms with Crippen LogP contribution >= 0.6 is 11.3 Å². The van der Waals surface area contributed by atoms with E-state index in [1.54, 1.807) is 23.9 Å². The Balaban J connectivity index is 1.58. The molecular formula is C18H18N6S. The molecule has 0 saturated heterocycles. The van der Waals surface area contributed by atoms with Gasteiger partial charge in [-0.05, 0) is 41.1 Å². The Morgan fingerprint density at radius 2 is 1.96 bits per heavy atom. The van der Waals surface area contributed by atoms with Crippen molar-refractivity contribution in [3.05, 3.63) is 58.9 Å². The van der Waals surface area contributed by atoms with Crippen LogP contribution in [0.4, 0.5) is 5.69 Å². The van der Waals surface area contributed by atoms with Gasteiger partial charge in [0.25, 0.3) is 0 Å². The Morgan fingerprint density at radius 3 is 2.88 bits per heavy atom. The van der Waals surface area contributed by atoms with E-state index in [4.69, 9.17) is 11.5 Å². The third-order valence-electron chi connectivity index (χ3n) is 4.24.